The Balaban J connectivity index is 2.16. The van der Waals surface area contributed by atoms with Gasteiger partial charge in [0.05, 0.1) is 10.9 Å². The summed E-state index contributed by atoms with van der Waals surface area (Å²) < 4.78 is 4.81. The summed E-state index contributed by atoms with van der Waals surface area (Å²) in [5.74, 6) is -0.184. The Hall–Kier alpha value is -0.970. The molecule has 0 aliphatic carbocycles. The summed E-state index contributed by atoms with van der Waals surface area (Å²) in [5.41, 5.74) is 0.764. The van der Waals surface area contributed by atoms with Crippen molar-refractivity contribution in [3.63, 3.8) is 0 Å². The smallest absolute Gasteiger partial charge is 0.392 e. The zero-order valence-corrected chi connectivity index (χ0v) is 7.71. The number of aromatic nitrogens is 1. The molecule has 0 spiro atoms. The van der Waals surface area contributed by atoms with Crippen LogP contribution < -0.4 is 0 Å². The maximum Gasteiger partial charge on any atom is 0.392 e. The van der Waals surface area contributed by atoms with Crippen LogP contribution in [0.1, 0.15) is 34.5 Å². The van der Waals surface area contributed by atoms with Gasteiger partial charge in [-0.3, -0.25) is 0 Å². The quantitative estimate of drug-likeness (QED) is 0.788. The maximum absolute atomic E-state index is 10.5. The molecule has 0 aromatic carbocycles. The Morgan fingerprint density at radius 2 is 2.62 bits per heavy atom. The molecule has 1 N–H and O–H groups in total. The first kappa shape index (κ1) is 8.62. The third-order valence-electron chi connectivity index (χ3n) is 1.96. The summed E-state index contributed by atoms with van der Waals surface area (Å²) in [4.78, 5) is 14.4. The van der Waals surface area contributed by atoms with E-state index in [2.05, 4.69) is 4.98 Å². The number of hydrogen-bond acceptors (Lipinski definition) is 4. The van der Waals surface area contributed by atoms with E-state index >= 15 is 0 Å². The van der Waals surface area contributed by atoms with Crippen molar-refractivity contribution in [3.8, 4) is 0 Å². The minimum absolute atomic E-state index is 0.206. The number of hydrogen-bond donors (Lipinski definition) is 1. The summed E-state index contributed by atoms with van der Waals surface area (Å²) in [7, 11) is 0. The molecule has 1 aliphatic heterocycles. The zero-order valence-electron chi connectivity index (χ0n) is 6.90. The van der Waals surface area contributed by atoms with Gasteiger partial charge in [-0.2, -0.15) is 11.8 Å². The van der Waals surface area contributed by atoms with E-state index in [0.717, 1.165) is 17.9 Å². The van der Waals surface area contributed by atoms with Gasteiger partial charge in [0.15, 0.2) is 0 Å². The van der Waals surface area contributed by atoms with Crippen LogP contribution in [-0.2, 0) is 0 Å². The third kappa shape index (κ3) is 1.70. The maximum atomic E-state index is 10.5. The largest absolute Gasteiger partial charge is 0.474 e. The highest BCUT2D eigenvalue weighted by molar-refractivity contribution is 7.99. The van der Waals surface area contributed by atoms with Crippen molar-refractivity contribution in [1.82, 2.24) is 4.98 Å². The highest BCUT2D eigenvalue weighted by Crippen LogP contribution is 2.39. The van der Waals surface area contributed by atoms with Crippen molar-refractivity contribution in [3.05, 3.63) is 17.8 Å². The SMILES string of the molecule is O=C(O)c1nc(C2CCCS2)co1. The molecule has 1 unspecified atom stereocenters. The molecule has 0 saturated carbocycles. The van der Waals surface area contributed by atoms with Gasteiger partial charge in [-0.25, -0.2) is 9.78 Å². The fraction of sp³-hybridized carbons (Fsp3) is 0.500. The van der Waals surface area contributed by atoms with Crippen LogP contribution in [-0.4, -0.2) is 21.8 Å². The van der Waals surface area contributed by atoms with Crippen molar-refractivity contribution >= 4 is 17.7 Å². The van der Waals surface area contributed by atoms with Crippen LogP contribution in [0.3, 0.4) is 0 Å². The third-order valence-corrected chi connectivity index (χ3v) is 3.37. The minimum Gasteiger partial charge on any atom is -0.474 e. The first-order chi connectivity index (χ1) is 6.27. The fourth-order valence-corrected chi connectivity index (χ4v) is 2.57. The number of thioether (sulfide) groups is 1. The molecule has 2 rings (SSSR count). The molecule has 1 aromatic heterocycles. The summed E-state index contributed by atoms with van der Waals surface area (Å²) in [6, 6.07) is 0. The molecule has 13 heavy (non-hydrogen) atoms. The number of carboxylic acid groups (broad SMARTS) is 1. The molecule has 0 amide bonds. The molecule has 0 bridgehead atoms. The second-order valence-electron chi connectivity index (χ2n) is 2.88. The van der Waals surface area contributed by atoms with Crippen LogP contribution >= 0.6 is 11.8 Å². The van der Waals surface area contributed by atoms with E-state index in [1.54, 1.807) is 11.8 Å². The molecule has 1 saturated heterocycles. The average Bonchev–Trinajstić information content (AvgIpc) is 2.75. The molecule has 1 aromatic rings. The Kier molecular flexibility index (Phi) is 2.26. The Bertz CT molecular complexity index is 317. The highest BCUT2D eigenvalue weighted by atomic mass is 32.2. The summed E-state index contributed by atoms with van der Waals surface area (Å²) in [6.45, 7) is 0. The number of carboxylic acids is 1. The van der Waals surface area contributed by atoms with Crippen LogP contribution in [0.5, 0.6) is 0 Å². The van der Waals surface area contributed by atoms with Crippen LogP contribution in [0.4, 0.5) is 0 Å². The lowest BCUT2D eigenvalue weighted by atomic mass is 10.2. The van der Waals surface area contributed by atoms with Crippen LogP contribution in [0, 0.1) is 0 Å². The molecule has 70 valence electrons. The van der Waals surface area contributed by atoms with E-state index in [4.69, 9.17) is 9.52 Å². The van der Waals surface area contributed by atoms with E-state index in [9.17, 15) is 4.79 Å². The van der Waals surface area contributed by atoms with Gasteiger partial charge >= 0.3 is 11.9 Å². The van der Waals surface area contributed by atoms with E-state index < -0.39 is 5.97 Å². The Morgan fingerprint density at radius 1 is 1.77 bits per heavy atom. The van der Waals surface area contributed by atoms with E-state index in [1.165, 1.54) is 12.7 Å². The van der Waals surface area contributed by atoms with Crippen LogP contribution in [0.15, 0.2) is 10.7 Å². The van der Waals surface area contributed by atoms with Crippen molar-refractivity contribution in [2.45, 2.75) is 18.1 Å². The molecule has 1 atom stereocenters. The lowest BCUT2D eigenvalue weighted by Crippen LogP contribution is -1.97. The normalized spacial score (nSPS) is 22.0. The monoisotopic (exact) mass is 199 g/mol. The molecular formula is C8H9NO3S. The highest BCUT2D eigenvalue weighted by Gasteiger charge is 2.22. The molecule has 4 nitrogen and oxygen atoms in total. The number of oxazole rings is 1. The molecule has 1 fully saturated rings. The Morgan fingerprint density at radius 3 is 3.15 bits per heavy atom. The summed E-state index contributed by atoms with van der Waals surface area (Å²) in [6.07, 6.45) is 3.69. The standard InChI is InChI=1S/C8H9NO3S/c10-8(11)7-9-5(4-12-7)6-2-1-3-13-6/h4,6H,1-3H2,(H,10,11). The van der Waals surface area contributed by atoms with Gasteiger partial charge in [0.25, 0.3) is 0 Å². The fourth-order valence-electron chi connectivity index (χ4n) is 1.34. The number of aromatic carboxylic acids is 1. The van der Waals surface area contributed by atoms with Crippen molar-refractivity contribution < 1.29 is 14.3 Å². The first-order valence-corrected chi connectivity index (χ1v) is 5.12. The van der Waals surface area contributed by atoms with Crippen molar-refractivity contribution in [2.24, 2.45) is 0 Å². The second-order valence-corrected chi connectivity index (χ2v) is 4.19. The van der Waals surface area contributed by atoms with Gasteiger partial charge in [-0.15, -0.1) is 0 Å². The van der Waals surface area contributed by atoms with Crippen LogP contribution in [0.25, 0.3) is 0 Å². The second kappa shape index (κ2) is 3.41. The average molecular weight is 199 g/mol. The van der Waals surface area contributed by atoms with Gasteiger partial charge in [0, 0.05) is 0 Å². The predicted octanol–water partition coefficient (Wildman–Crippen LogP) is 1.94. The molecule has 1 aliphatic rings. The van der Waals surface area contributed by atoms with Crippen LogP contribution in [0.2, 0.25) is 0 Å². The van der Waals surface area contributed by atoms with Gasteiger partial charge in [-0.1, -0.05) is 0 Å². The summed E-state index contributed by atoms with van der Waals surface area (Å²) >= 11 is 1.81. The molecule has 5 heteroatoms. The number of rotatable bonds is 2. The van der Waals surface area contributed by atoms with Gasteiger partial charge in [0.2, 0.25) is 0 Å². The molecular weight excluding hydrogens is 190 g/mol. The van der Waals surface area contributed by atoms with Gasteiger partial charge < -0.3 is 9.52 Å². The van der Waals surface area contributed by atoms with E-state index in [1.807, 2.05) is 0 Å². The van der Waals surface area contributed by atoms with E-state index in [0.29, 0.717) is 5.25 Å². The minimum atomic E-state index is -1.10. The van der Waals surface area contributed by atoms with Gasteiger partial charge in [-0.05, 0) is 18.6 Å². The summed E-state index contributed by atoms with van der Waals surface area (Å²) in [5, 5.41) is 8.91. The molecule has 2 heterocycles. The first-order valence-electron chi connectivity index (χ1n) is 4.07. The lowest BCUT2D eigenvalue weighted by molar-refractivity contribution is 0.0653. The Labute approximate surface area is 79.3 Å². The lowest BCUT2D eigenvalue weighted by Gasteiger charge is -2.00. The predicted molar refractivity (Wildman–Crippen MR) is 47.9 cm³/mol. The topological polar surface area (TPSA) is 63.3 Å². The van der Waals surface area contributed by atoms with Crippen molar-refractivity contribution in [2.75, 3.05) is 5.75 Å². The number of nitrogens with zero attached hydrogens (tertiary/aromatic N) is 1. The molecule has 0 radical (unpaired) electrons. The van der Waals surface area contributed by atoms with Crippen molar-refractivity contribution in [1.29, 1.82) is 0 Å². The number of carbonyl (C=O) groups is 1. The zero-order chi connectivity index (χ0) is 9.26. The van der Waals surface area contributed by atoms with E-state index in [-0.39, 0.29) is 5.89 Å². The van der Waals surface area contributed by atoms with Gasteiger partial charge in [0.1, 0.15) is 6.26 Å².